The normalized spacial score (nSPS) is 31.4. The van der Waals surface area contributed by atoms with E-state index >= 15 is 0 Å². The number of nitrogens with zero attached hydrogens (tertiary/aromatic N) is 1. The van der Waals surface area contributed by atoms with E-state index < -0.39 is 5.41 Å². The molecule has 1 aliphatic rings. The summed E-state index contributed by atoms with van der Waals surface area (Å²) in [4.78, 5) is 14.3. The number of amides is 1. The van der Waals surface area contributed by atoms with Crippen molar-refractivity contribution in [2.45, 2.75) is 46.7 Å². The molecule has 3 atom stereocenters. The van der Waals surface area contributed by atoms with Crippen molar-refractivity contribution < 1.29 is 9.53 Å². The predicted molar refractivity (Wildman–Crippen MR) is 68.6 cm³/mol. The molecule has 0 radical (unpaired) electrons. The average molecular weight is 242 g/mol. The number of ether oxygens (including phenoxy) is 1. The molecule has 4 nitrogen and oxygen atoms in total. The zero-order chi connectivity index (χ0) is 13.4. The number of hydrogen-bond acceptors (Lipinski definition) is 3. The molecule has 1 aliphatic heterocycles. The quantitative estimate of drug-likeness (QED) is 0.792. The standard InChI is InChI=1S/C13H26N2O2/c1-9(12(2,3)4)15(6)11(16)13(5)8-17-7-10(13)14/h9-10H,7-8,14H2,1-6H3. The van der Waals surface area contributed by atoms with Crippen LogP contribution in [0.3, 0.4) is 0 Å². The third kappa shape index (κ3) is 2.63. The summed E-state index contributed by atoms with van der Waals surface area (Å²) >= 11 is 0. The fraction of sp³-hybridized carbons (Fsp3) is 0.923. The largest absolute Gasteiger partial charge is 0.379 e. The van der Waals surface area contributed by atoms with Crippen molar-refractivity contribution in [3.8, 4) is 0 Å². The monoisotopic (exact) mass is 242 g/mol. The molecule has 0 spiro atoms. The fourth-order valence-corrected chi connectivity index (χ4v) is 2.07. The Hall–Kier alpha value is -0.610. The molecule has 1 saturated heterocycles. The molecule has 1 amide bonds. The van der Waals surface area contributed by atoms with Crippen LogP contribution in [0.1, 0.15) is 34.6 Å². The number of carbonyl (C=O) groups excluding carboxylic acids is 1. The Bertz CT molecular complexity index is 298. The Kier molecular flexibility index (Phi) is 3.89. The van der Waals surface area contributed by atoms with E-state index in [1.165, 1.54) is 0 Å². The molecule has 0 aromatic heterocycles. The van der Waals surface area contributed by atoms with Gasteiger partial charge in [-0.25, -0.2) is 0 Å². The van der Waals surface area contributed by atoms with Crippen molar-refractivity contribution in [1.29, 1.82) is 0 Å². The number of rotatable bonds is 2. The highest BCUT2D eigenvalue weighted by atomic mass is 16.5. The van der Waals surface area contributed by atoms with Crippen molar-refractivity contribution in [2.75, 3.05) is 20.3 Å². The molecule has 0 aliphatic carbocycles. The molecule has 1 rings (SSSR count). The predicted octanol–water partition coefficient (Wildman–Crippen LogP) is 1.24. The molecular weight excluding hydrogens is 216 g/mol. The first-order valence-corrected chi connectivity index (χ1v) is 6.21. The van der Waals surface area contributed by atoms with E-state index in [0.29, 0.717) is 13.2 Å². The lowest BCUT2D eigenvalue weighted by molar-refractivity contribution is -0.144. The molecule has 0 aromatic rings. The molecule has 0 aromatic carbocycles. The lowest BCUT2D eigenvalue weighted by atomic mass is 9.81. The number of nitrogens with two attached hydrogens (primary N) is 1. The highest BCUT2D eigenvalue weighted by Crippen LogP contribution is 2.32. The van der Waals surface area contributed by atoms with Crippen molar-refractivity contribution in [3.05, 3.63) is 0 Å². The second-order valence-electron chi connectivity index (χ2n) is 6.50. The molecule has 17 heavy (non-hydrogen) atoms. The van der Waals surface area contributed by atoms with Gasteiger partial charge in [0, 0.05) is 19.1 Å². The minimum Gasteiger partial charge on any atom is -0.379 e. The second-order valence-corrected chi connectivity index (χ2v) is 6.50. The number of carbonyl (C=O) groups is 1. The smallest absolute Gasteiger partial charge is 0.232 e. The van der Waals surface area contributed by atoms with Gasteiger partial charge in [0.25, 0.3) is 0 Å². The van der Waals surface area contributed by atoms with Gasteiger partial charge in [-0.2, -0.15) is 0 Å². The zero-order valence-electron chi connectivity index (χ0n) is 11.9. The maximum atomic E-state index is 12.5. The van der Waals surface area contributed by atoms with Crippen LogP contribution < -0.4 is 5.73 Å². The van der Waals surface area contributed by atoms with Crippen molar-refractivity contribution >= 4 is 5.91 Å². The minimum absolute atomic E-state index is 0.0598. The second kappa shape index (κ2) is 4.58. The average Bonchev–Trinajstić information content (AvgIpc) is 2.56. The van der Waals surface area contributed by atoms with E-state index in [9.17, 15) is 4.79 Å². The SMILES string of the molecule is CC(N(C)C(=O)C1(C)COCC1N)C(C)(C)C. The fourth-order valence-electron chi connectivity index (χ4n) is 2.07. The van der Waals surface area contributed by atoms with Crippen molar-refractivity contribution in [3.63, 3.8) is 0 Å². The highest BCUT2D eigenvalue weighted by molar-refractivity contribution is 5.83. The van der Waals surface area contributed by atoms with Gasteiger partial charge in [0.15, 0.2) is 0 Å². The Labute approximate surface area is 104 Å². The Morgan fingerprint density at radius 3 is 2.41 bits per heavy atom. The lowest BCUT2D eigenvalue weighted by Gasteiger charge is -2.40. The van der Waals surface area contributed by atoms with Gasteiger partial charge in [0.1, 0.15) is 0 Å². The van der Waals surface area contributed by atoms with Gasteiger partial charge in [0.2, 0.25) is 5.91 Å². The molecule has 4 heteroatoms. The highest BCUT2D eigenvalue weighted by Gasteiger charge is 2.47. The van der Waals surface area contributed by atoms with Crippen LogP contribution >= 0.6 is 0 Å². The van der Waals surface area contributed by atoms with E-state index in [-0.39, 0.29) is 23.4 Å². The van der Waals surface area contributed by atoms with Gasteiger partial charge in [-0.15, -0.1) is 0 Å². The van der Waals surface area contributed by atoms with Crippen LogP contribution in [0, 0.1) is 10.8 Å². The van der Waals surface area contributed by atoms with E-state index in [1.54, 1.807) is 0 Å². The molecule has 0 saturated carbocycles. The molecule has 100 valence electrons. The van der Waals surface area contributed by atoms with Gasteiger partial charge >= 0.3 is 0 Å². The van der Waals surface area contributed by atoms with E-state index in [0.717, 1.165) is 0 Å². The first-order chi connectivity index (χ1) is 7.60. The Balaban J connectivity index is 2.83. The van der Waals surface area contributed by atoms with Crippen LogP contribution in [0.15, 0.2) is 0 Å². The summed E-state index contributed by atoms with van der Waals surface area (Å²) in [6.45, 7) is 11.3. The molecule has 1 heterocycles. The molecule has 3 unspecified atom stereocenters. The van der Waals surface area contributed by atoms with Gasteiger partial charge in [-0.3, -0.25) is 4.79 Å². The molecule has 1 fully saturated rings. The van der Waals surface area contributed by atoms with E-state index in [4.69, 9.17) is 10.5 Å². The molecule has 0 bridgehead atoms. The lowest BCUT2D eigenvalue weighted by Crippen LogP contribution is -2.54. The summed E-state index contributed by atoms with van der Waals surface area (Å²) in [6, 6.07) is -0.0377. The van der Waals surface area contributed by atoms with Gasteiger partial charge in [0.05, 0.1) is 18.6 Å². The van der Waals surface area contributed by atoms with Crippen LogP contribution in [-0.2, 0) is 9.53 Å². The summed E-state index contributed by atoms with van der Waals surface area (Å²) in [5.41, 5.74) is 5.47. The summed E-state index contributed by atoms with van der Waals surface area (Å²) in [5.74, 6) is 0.0879. The zero-order valence-corrected chi connectivity index (χ0v) is 11.9. The number of hydrogen-bond donors (Lipinski definition) is 1. The van der Waals surface area contributed by atoms with Crippen LogP contribution in [0.5, 0.6) is 0 Å². The topological polar surface area (TPSA) is 55.6 Å². The Morgan fingerprint density at radius 1 is 1.53 bits per heavy atom. The third-order valence-electron chi connectivity index (χ3n) is 4.16. The summed E-state index contributed by atoms with van der Waals surface area (Å²) < 4.78 is 5.34. The first kappa shape index (κ1) is 14.5. The van der Waals surface area contributed by atoms with Gasteiger partial charge in [-0.05, 0) is 19.3 Å². The van der Waals surface area contributed by atoms with Crippen LogP contribution in [0.25, 0.3) is 0 Å². The van der Waals surface area contributed by atoms with Gasteiger partial charge in [-0.1, -0.05) is 20.8 Å². The molecular formula is C13H26N2O2. The maximum Gasteiger partial charge on any atom is 0.232 e. The van der Waals surface area contributed by atoms with Gasteiger partial charge < -0.3 is 15.4 Å². The summed E-state index contributed by atoms with van der Waals surface area (Å²) in [7, 11) is 1.86. The third-order valence-corrected chi connectivity index (χ3v) is 4.16. The molecule has 2 N–H and O–H groups in total. The summed E-state index contributed by atoms with van der Waals surface area (Å²) in [6.07, 6.45) is 0. The Morgan fingerprint density at radius 2 is 2.06 bits per heavy atom. The van der Waals surface area contributed by atoms with Crippen molar-refractivity contribution in [2.24, 2.45) is 16.6 Å². The van der Waals surface area contributed by atoms with Crippen LogP contribution in [0.2, 0.25) is 0 Å². The van der Waals surface area contributed by atoms with E-state index in [2.05, 4.69) is 27.7 Å². The first-order valence-electron chi connectivity index (χ1n) is 6.21. The van der Waals surface area contributed by atoms with Crippen LogP contribution in [0.4, 0.5) is 0 Å². The summed E-state index contributed by atoms with van der Waals surface area (Å²) in [5, 5.41) is 0. The van der Waals surface area contributed by atoms with Crippen LogP contribution in [-0.4, -0.2) is 43.2 Å². The van der Waals surface area contributed by atoms with Crippen molar-refractivity contribution in [1.82, 2.24) is 4.90 Å². The minimum atomic E-state index is -0.575. The maximum absolute atomic E-state index is 12.5. The van der Waals surface area contributed by atoms with E-state index in [1.807, 2.05) is 18.9 Å².